The van der Waals surface area contributed by atoms with Crippen LogP contribution in [0.2, 0.25) is 0 Å². The van der Waals surface area contributed by atoms with E-state index in [1.54, 1.807) is 0 Å². The van der Waals surface area contributed by atoms with Crippen LogP contribution in [0, 0.1) is 22.0 Å². The summed E-state index contributed by atoms with van der Waals surface area (Å²) in [6.07, 6.45) is -0.169. The second-order valence-corrected chi connectivity index (χ2v) is 2.90. The molecule has 0 heterocycles. The third kappa shape index (κ3) is 2.99. The molecule has 1 aromatic rings. The van der Waals surface area contributed by atoms with Gasteiger partial charge in [0.25, 0.3) is 5.69 Å². The van der Waals surface area contributed by atoms with E-state index in [9.17, 15) is 14.9 Å². The minimum absolute atomic E-state index is 0.129. The summed E-state index contributed by atoms with van der Waals surface area (Å²) in [7, 11) is 0. The molecule has 0 aliphatic heterocycles. The first kappa shape index (κ1) is 11.5. The minimum Gasteiger partial charge on any atom is -0.508 e. The number of carbonyl (C=O) groups excluding carboxylic acids is 1. The van der Waals surface area contributed by atoms with Crippen LogP contribution in [0.4, 0.5) is 5.69 Å². The van der Waals surface area contributed by atoms with Crippen LogP contribution >= 0.6 is 0 Å². The summed E-state index contributed by atoms with van der Waals surface area (Å²) < 4.78 is 0. The van der Waals surface area contributed by atoms with Crippen LogP contribution in [0.25, 0.3) is 0 Å². The Hall–Kier alpha value is -2.55. The molecule has 0 saturated carbocycles. The molecule has 1 rings (SSSR count). The van der Waals surface area contributed by atoms with Gasteiger partial charge in [-0.2, -0.15) is 0 Å². The molecular weight excluding hydrogens is 212 g/mol. The molecule has 3 N–H and O–H groups in total. The van der Waals surface area contributed by atoms with Crippen molar-refractivity contribution in [3.8, 4) is 17.6 Å². The smallest absolute Gasteiger partial charge is 0.288 e. The Labute approximate surface area is 90.8 Å². The van der Waals surface area contributed by atoms with Crippen molar-refractivity contribution in [1.29, 1.82) is 0 Å². The van der Waals surface area contributed by atoms with E-state index in [0.717, 1.165) is 6.07 Å². The van der Waals surface area contributed by atoms with E-state index in [1.165, 1.54) is 12.1 Å². The van der Waals surface area contributed by atoms with Gasteiger partial charge in [0.1, 0.15) is 11.3 Å². The van der Waals surface area contributed by atoms with Crippen molar-refractivity contribution in [3.63, 3.8) is 0 Å². The lowest BCUT2D eigenvalue weighted by molar-refractivity contribution is -0.385. The number of nitro groups is 1. The fourth-order valence-electron chi connectivity index (χ4n) is 1.00. The van der Waals surface area contributed by atoms with E-state index in [2.05, 4.69) is 11.8 Å². The summed E-state index contributed by atoms with van der Waals surface area (Å²) in [5.74, 6) is 4.04. The van der Waals surface area contributed by atoms with Crippen LogP contribution in [0.5, 0.6) is 5.75 Å². The van der Waals surface area contributed by atoms with Gasteiger partial charge in [0.05, 0.1) is 17.4 Å². The van der Waals surface area contributed by atoms with Crippen molar-refractivity contribution in [2.75, 3.05) is 0 Å². The van der Waals surface area contributed by atoms with E-state index in [0.29, 0.717) is 0 Å². The monoisotopic (exact) mass is 220 g/mol. The number of hydrogen-bond donors (Lipinski definition) is 2. The maximum atomic E-state index is 10.6. The zero-order chi connectivity index (χ0) is 12.1. The van der Waals surface area contributed by atoms with Crippen molar-refractivity contribution in [2.45, 2.75) is 6.42 Å². The van der Waals surface area contributed by atoms with E-state index < -0.39 is 10.8 Å². The number of amides is 1. The van der Waals surface area contributed by atoms with Crippen molar-refractivity contribution in [2.24, 2.45) is 5.73 Å². The van der Waals surface area contributed by atoms with Gasteiger partial charge in [0.15, 0.2) is 0 Å². The average molecular weight is 220 g/mol. The molecule has 1 amide bonds. The zero-order valence-electron chi connectivity index (χ0n) is 8.14. The summed E-state index contributed by atoms with van der Waals surface area (Å²) in [5.41, 5.74) is 4.68. The van der Waals surface area contributed by atoms with E-state index in [-0.39, 0.29) is 23.4 Å². The third-order valence-electron chi connectivity index (χ3n) is 1.66. The number of primary amides is 1. The van der Waals surface area contributed by atoms with Crippen LogP contribution in [0.3, 0.4) is 0 Å². The maximum Gasteiger partial charge on any atom is 0.288 e. The fraction of sp³-hybridized carbons (Fsp3) is 0.100. The summed E-state index contributed by atoms with van der Waals surface area (Å²) in [4.78, 5) is 20.4. The van der Waals surface area contributed by atoms with E-state index in [4.69, 9.17) is 10.8 Å². The number of phenols is 1. The van der Waals surface area contributed by atoms with Gasteiger partial charge in [-0.05, 0) is 12.1 Å². The molecule has 0 saturated heterocycles. The SMILES string of the molecule is NC(=O)CC#Cc1ccc(O)cc1[N+](=O)[O-]. The van der Waals surface area contributed by atoms with Crippen LogP contribution < -0.4 is 5.73 Å². The average Bonchev–Trinajstić information content (AvgIpc) is 2.19. The quantitative estimate of drug-likeness (QED) is 0.430. The standard InChI is InChI=1S/C10H8N2O4/c11-10(14)3-1-2-7-4-5-8(13)6-9(7)12(15)16/h4-6,13H,3H2,(H2,11,14). The fourth-order valence-corrected chi connectivity index (χ4v) is 1.00. The topological polar surface area (TPSA) is 106 Å². The summed E-state index contributed by atoms with van der Waals surface area (Å²) in [5, 5.41) is 19.7. The molecule has 6 nitrogen and oxygen atoms in total. The first-order valence-electron chi connectivity index (χ1n) is 4.25. The van der Waals surface area contributed by atoms with Crippen molar-refractivity contribution in [3.05, 3.63) is 33.9 Å². The highest BCUT2D eigenvalue weighted by Crippen LogP contribution is 2.22. The Bertz CT molecular complexity index is 499. The lowest BCUT2D eigenvalue weighted by atomic mass is 10.1. The van der Waals surface area contributed by atoms with Crippen LogP contribution in [-0.4, -0.2) is 15.9 Å². The van der Waals surface area contributed by atoms with Crippen LogP contribution in [0.15, 0.2) is 18.2 Å². The molecule has 82 valence electrons. The number of nitro benzene ring substituents is 1. The molecule has 0 atom stereocenters. The third-order valence-corrected chi connectivity index (χ3v) is 1.66. The molecule has 0 aromatic heterocycles. The zero-order valence-corrected chi connectivity index (χ0v) is 8.14. The normalized spacial score (nSPS) is 9.00. The first-order valence-corrected chi connectivity index (χ1v) is 4.25. The van der Waals surface area contributed by atoms with Crippen molar-refractivity contribution < 1.29 is 14.8 Å². The maximum absolute atomic E-state index is 10.6. The molecule has 0 radical (unpaired) electrons. The number of phenolic OH excluding ortho intramolecular Hbond substituents is 1. The lowest BCUT2D eigenvalue weighted by Crippen LogP contribution is -2.08. The Balaban J connectivity index is 3.07. The van der Waals surface area contributed by atoms with Crippen molar-refractivity contribution in [1.82, 2.24) is 0 Å². The summed E-state index contributed by atoms with van der Waals surface area (Å²) >= 11 is 0. The molecule has 0 aliphatic rings. The number of hydrogen-bond acceptors (Lipinski definition) is 4. The van der Waals surface area contributed by atoms with Crippen molar-refractivity contribution >= 4 is 11.6 Å². The Kier molecular flexibility index (Phi) is 3.45. The number of carbonyl (C=O) groups is 1. The Morgan fingerprint density at radius 3 is 2.81 bits per heavy atom. The largest absolute Gasteiger partial charge is 0.508 e. The highest BCUT2D eigenvalue weighted by molar-refractivity contribution is 5.76. The van der Waals surface area contributed by atoms with Gasteiger partial charge < -0.3 is 10.8 Å². The predicted molar refractivity (Wildman–Crippen MR) is 55.5 cm³/mol. The Morgan fingerprint density at radius 2 is 2.25 bits per heavy atom. The van der Waals surface area contributed by atoms with Gasteiger partial charge in [-0.1, -0.05) is 11.8 Å². The first-order chi connectivity index (χ1) is 7.50. The second-order valence-electron chi connectivity index (χ2n) is 2.90. The van der Waals surface area contributed by atoms with E-state index in [1.807, 2.05) is 0 Å². The molecule has 0 spiro atoms. The Morgan fingerprint density at radius 1 is 1.56 bits per heavy atom. The number of nitrogens with two attached hydrogens (primary N) is 1. The van der Waals surface area contributed by atoms with E-state index >= 15 is 0 Å². The minimum atomic E-state index is -0.659. The molecule has 1 aromatic carbocycles. The summed E-state index contributed by atoms with van der Waals surface area (Å²) in [6, 6.07) is 3.58. The molecular formula is C10H8N2O4. The van der Waals surface area contributed by atoms with Gasteiger partial charge in [-0.25, -0.2) is 0 Å². The van der Waals surface area contributed by atoms with Gasteiger partial charge >= 0.3 is 0 Å². The highest BCUT2D eigenvalue weighted by Gasteiger charge is 2.12. The molecule has 0 aliphatic carbocycles. The summed E-state index contributed by atoms with van der Waals surface area (Å²) in [6.45, 7) is 0. The van der Waals surface area contributed by atoms with Crippen LogP contribution in [-0.2, 0) is 4.79 Å². The molecule has 0 bridgehead atoms. The number of benzene rings is 1. The molecule has 16 heavy (non-hydrogen) atoms. The van der Waals surface area contributed by atoms with Gasteiger partial charge in [0, 0.05) is 0 Å². The lowest BCUT2D eigenvalue weighted by Gasteiger charge is -1.96. The number of nitrogens with zero attached hydrogens (tertiary/aromatic N) is 1. The molecule has 0 fully saturated rings. The molecule has 6 heteroatoms. The number of aromatic hydroxyl groups is 1. The predicted octanol–water partition coefficient (Wildman–Crippen LogP) is 0.527. The molecule has 0 unspecified atom stereocenters. The van der Waals surface area contributed by atoms with Gasteiger partial charge in [-0.15, -0.1) is 0 Å². The second kappa shape index (κ2) is 4.79. The number of rotatable bonds is 2. The van der Waals surface area contributed by atoms with Crippen LogP contribution in [0.1, 0.15) is 12.0 Å². The highest BCUT2D eigenvalue weighted by atomic mass is 16.6. The van der Waals surface area contributed by atoms with Gasteiger partial charge in [0.2, 0.25) is 5.91 Å². The van der Waals surface area contributed by atoms with Gasteiger partial charge in [-0.3, -0.25) is 14.9 Å².